The van der Waals surface area contributed by atoms with Crippen LogP contribution in [0.25, 0.3) is 22.6 Å². The summed E-state index contributed by atoms with van der Waals surface area (Å²) in [5.41, 5.74) is 5.51. The van der Waals surface area contributed by atoms with Crippen LogP contribution in [0.2, 0.25) is 10.0 Å². The van der Waals surface area contributed by atoms with E-state index in [1.165, 1.54) is 6.07 Å². The number of halogens is 2. The lowest BCUT2D eigenvalue weighted by atomic mass is 10.00. The number of nitrogens with zero attached hydrogens (tertiary/aromatic N) is 2. The van der Waals surface area contributed by atoms with Crippen molar-refractivity contribution in [1.82, 2.24) is 10.3 Å². The van der Waals surface area contributed by atoms with Crippen molar-refractivity contribution >= 4 is 46.9 Å². The smallest absolute Gasteiger partial charge is 0.338 e. The lowest BCUT2D eigenvalue weighted by Crippen LogP contribution is -2.09. The highest BCUT2D eigenvalue weighted by Gasteiger charge is 2.23. The first kappa shape index (κ1) is 38.9. The van der Waals surface area contributed by atoms with E-state index in [9.17, 15) is 9.59 Å². The Bertz CT molecular complexity index is 1600. The number of carbonyl (C=O) groups is 2. The van der Waals surface area contributed by atoms with E-state index in [0.29, 0.717) is 52.0 Å². The minimum Gasteiger partial charge on any atom is -0.462 e. The largest absolute Gasteiger partial charge is 0.462 e. The second-order valence-electron chi connectivity index (χ2n) is 10.2. The summed E-state index contributed by atoms with van der Waals surface area (Å²) in [5.74, 6) is 0.464. The van der Waals surface area contributed by atoms with Crippen LogP contribution in [0.15, 0.2) is 44.3 Å². The van der Waals surface area contributed by atoms with Gasteiger partial charge in [-0.2, -0.15) is 0 Å². The van der Waals surface area contributed by atoms with Crippen molar-refractivity contribution in [3.8, 4) is 22.6 Å². The summed E-state index contributed by atoms with van der Waals surface area (Å²) in [6, 6.07) is 8.91. The lowest BCUT2D eigenvalue weighted by Gasteiger charge is -2.12. The van der Waals surface area contributed by atoms with E-state index in [4.69, 9.17) is 46.8 Å². The normalized spacial score (nSPS) is 10.4. The standard InChI is InChI=1S/C17H21NO3S.C16H17Cl2NO3.CH4O/c1-5-6-9-20-17(19)13-7-8-15(22-4)16(12(13)3)14-10-11(2)18-21-14;1-4-5-6-21-16(20)11-8-12(17)15(18)14(10(11)3)13-7-9(2)19-22-13;1-2/h7-8,10H,5-6,9H2,1-4H3;7-8H,4-6H2,1-3H3;2H,1H3. The number of aliphatic hydroxyl groups excluding tert-OH is 1. The van der Waals surface area contributed by atoms with Gasteiger partial charge in [0.15, 0.2) is 11.5 Å². The molecule has 0 aliphatic heterocycles. The Morgan fingerprint density at radius 3 is 1.72 bits per heavy atom. The summed E-state index contributed by atoms with van der Waals surface area (Å²) in [6.07, 6.45) is 5.65. The third-order valence-electron chi connectivity index (χ3n) is 6.78. The average molecular weight is 694 g/mol. The number of aryl methyl sites for hydroxylation is 2. The molecule has 46 heavy (non-hydrogen) atoms. The second kappa shape index (κ2) is 19.4. The van der Waals surface area contributed by atoms with Gasteiger partial charge in [-0.25, -0.2) is 9.59 Å². The molecule has 0 spiro atoms. The molecule has 12 heteroatoms. The second-order valence-corrected chi connectivity index (χ2v) is 11.8. The minimum absolute atomic E-state index is 0.277. The number of esters is 2. The summed E-state index contributed by atoms with van der Waals surface area (Å²) in [6.45, 7) is 12.3. The molecule has 0 aliphatic carbocycles. The zero-order valence-corrected chi connectivity index (χ0v) is 29.9. The fourth-order valence-electron chi connectivity index (χ4n) is 4.34. The number of ether oxygens (including phenoxy) is 2. The molecule has 0 atom stereocenters. The van der Waals surface area contributed by atoms with Crippen LogP contribution in [0.3, 0.4) is 0 Å². The van der Waals surface area contributed by atoms with Crippen LogP contribution in [-0.2, 0) is 9.47 Å². The number of aromatic nitrogens is 2. The van der Waals surface area contributed by atoms with Gasteiger partial charge in [-0.05, 0) is 76.1 Å². The van der Waals surface area contributed by atoms with Crippen LogP contribution in [0.1, 0.15) is 82.8 Å². The summed E-state index contributed by atoms with van der Waals surface area (Å²) < 4.78 is 21.2. The van der Waals surface area contributed by atoms with E-state index in [2.05, 4.69) is 17.2 Å². The first-order valence-electron chi connectivity index (χ1n) is 14.9. The van der Waals surface area contributed by atoms with Crippen LogP contribution in [-0.4, -0.2) is 53.9 Å². The molecular weight excluding hydrogens is 651 g/mol. The predicted molar refractivity (Wildman–Crippen MR) is 183 cm³/mol. The van der Waals surface area contributed by atoms with Crippen molar-refractivity contribution < 1.29 is 33.2 Å². The van der Waals surface area contributed by atoms with E-state index >= 15 is 0 Å². The number of unbranched alkanes of at least 4 members (excludes halogenated alkanes) is 2. The maximum atomic E-state index is 12.3. The van der Waals surface area contributed by atoms with Crippen LogP contribution >= 0.6 is 35.0 Å². The number of carbonyl (C=O) groups excluding carboxylic acids is 2. The summed E-state index contributed by atoms with van der Waals surface area (Å²) >= 11 is 14.0. The lowest BCUT2D eigenvalue weighted by molar-refractivity contribution is 0.0489. The molecule has 0 amide bonds. The molecular formula is C34H42Cl2N2O7S. The van der Waals surface area contributed by atoms with E-state index in [1.807, 2.05) is 45.2 Å². The molecule has 4 rings (SSSR count). The van der Waals surface area contributed by atoms with Gasteiger partial charge in [-0.15, -0.1) is 11.8 Å². The molecule has 0 fully saturated rings. The molecule has 1 N–H and O–H groups in total. The number of hydrogen-bond donors (Lipinski definition) is 1. The van der Waals surface area contributed by atoms with Gasteiger partial charge in [0.1, 0.15) is 0 Å². The molecule has 9 nitrogen and oxygen atoms in total. The number of thioether (sulfide) groups is 1. The highest BCUT2D eigenvalue weighted by atomic mass is 35.5. The molecule has 250 valence electrons. The Balaban J connectivity index is 0.000000304. The van der Waals surface area contributed by atoms with E-state index in [0.717, 1.165) is 60.2 Å². The Morgan fingerprint density at radius 2 is 1.26 bits per heavy atom. The highest BCUT2D eigenvalue weighted by molar-refractivity contribution is 7.98. The van der Waals surface area contributed by atoms with Gasteiger partial charge < -0.3 is 23.6 Å². The summed E-state index contributed by atoms with van der Waals surface area (Å²) in [5, 5.41) is 15.4. The zero-order valence-electron chi connectivity index (χ0n) is 27.6. The van der Waals surface area contributed by atoms with Gasteiger partial charge in [0.05, 0.1) is 45.8 Å². The third kappa shape index (κ3) is 10.1. The first-order valence-corrected chi connectivity index (χ1v) is 16.8. The number of hydrogen-bond acceptors (Lipinski definition) is 10. The molecule has 0 saturated carbocycles. The van der Waals surface area contributed by atoms with Crippen molar-refractivity contribution in [2.24, 2.45) is 0 Å². The van der Waals surface area contributed by atoms with Gasteiger partial charge in [0.2, 0.25) is 0 Å². The number of aliphatic hydroxyl groups is 1. The molecule has 0 unspecified atom stereocenters. The van der Waals surface area contributed by atoms with Gasteiger partial charge in [-0.1, -0.05) is 60.2 Å². The Kier molecular flexibility index (Phi) is 16.4. The van der Waals surface area contributed by atoms with Crippen molar-refractivity contribution in [3.05, 3.63) is 74.0 Å². The minimum atomic E-state index is -0.415. The zero-order chi connectivity index (χ0) is 34.4. The Hall–Kier alpha value is -3.31. The van der Waals surface area contributed by atoms with Gasteiger partial charge in [0, 0.05) is 35.3 Å². The first-order chi connectivity index (χ1) is 22.0. The van der Waals surface area contributed by atoms with Crippen LogP contribution in [0.5, 0.6) is 0 Å². The molecule has 0 radical (unpaired) electrons. The fraction of sp³-hybridized carbons (Fsp3) is 0.412. The van der Waals surface area contributed by atoms with Gasteiger partial charge in [0.25, 0.3) is 0 Å². The fourth-order valence-corrected chi connectivity index (χ4v) is 5.50. The Morgan fingerprint density at radius 1 is 0.783 bits per heavy atom. The average Bonchev–Trinajstić information content (AvgIpc) is 3.67. The van der Waals surface area contributed by atoms with Crippen LogP contribution in [0.4, 0.5) is 0 Å². The van der Waals surface area contributed by atoms with E-state index in [-0.39, 0.29) is 11.0 Å². The van der Waals surface area contributed by atoms with Crippen LogP contribution < -0.4 is 0 Å². The Labute approximate surface area is 284 Å². The maximum absolute atomic E-state index is 12.3. The van der Waals surface area contributed by atoms with Crippen LogP contribution in [0, 0.1) is 27.7 Å². The van der Waals surface area contributed by atoms with Crippen molar-refractivity contribution in [3.63, 3.8) is 0 Å². The van der Waals surface area contributed by atoms with Crippen molar-refractivity contribution in [2.75, 3.05) is 26.6 Å². The SMILES string of the molecule is CCCCOC(=O)c1cc(Cl)c(Cl)c(-c2cc(C)no2)c1C.CCCCOC(=O)c1ccc(SC)c(-c2cc(C)no2)c1C.CO. The van der Waals surface area contributed by atoms with Gasteiger partial charge >= 0.3 is 11.9 Å². The number of benzene rings is 2. The molecule has 4 aromatic rings. The molecule has 0 aliphatic rings. The monoisotopic (exact) mass is 692 g/mol. The van der Waals surface area contributed by atoms with Crippen molar-refractivity contribution in [2.45, 2.75) is 72.1 Å². The van der Waals surface area contributed by atoms with E-state index in [1.54, 1.807) is 31.7 Å². The van der Waals surface area contributed by atoms with E-state index < -0.39 is 5.97 Å². The topological polar surface area (TPSA) is 125 Å². The third-order valence-corrected chi connectivity index (χ3v) is 8.34. The molecule has 0 saturated heterocycles. The summed E-state index contributed by atoms with van der Waals surface area (Å²) in [4.78, 5) is 25.5. The maximum Gasteiger partial charge on any atom is 0.338 e. The summed E-state index contributed by atoms with van der Waals surface area (Å²) in [7, 11) is 1.00. The van der Waals surface area contributed by atoms with Gasteiger partial charge in [-0.3, -0.25) is 0 Å². The van der Waals surface area contributed by atoms with Crippen molar-refractivity contribution in [1.29, 1.82) is 0 Å². The predicted octanol–water partition coefficient (Wildman–Crippen LogP) is 9.47. The molecule has 2 aromatic heterocycles. The molecule has 0 bridgehead atoms. The highest BCUT2D eigenvalue weighted by Crippen LogP contribution is 2.39. The molecule has 2 heterocycles. The molecule has 2 aromatic carbocycles. The quantitative estimate of drug-likeness (QED) is 0.0923. The number of rotatable bonds is 11.